The maximum atomic E-state index is 12.9. The Morgan fingerprint density at radius 1 is 1.11 bits per heavy atom. The van der Waals surface area contributed by atoms with Crippen molar-refractivity contribution in [2.45, 2.75) is 6.18 Å². The number of piperazine rings is 1. The highest BCUT2D eigenvalue weighted by molar-refractivity contribution is 5.54. The number of nitrogens with zero attached hydrogens (tertiary/aromatic N) is 5. The lowest BCUT2D eigenvalue weighted by Crippen LogP contribution is -2.47. The number of nitro groups is 1. The molecule has 1 aromatic heterocycles. The van der Waals surface area contributed by atoms with Gasteiger partial charge in [-0.15, -0.1) is 0 Å². The van der Waals surface area contributed by atoms with Gasteiger partial charge in [0.05, 0.1) is 10.5 Å². The average molecular weight is 377 g/mol. The first-order valence-corrected chi connectivity index (χ1v) is 8.02. The largest absolute Gasteiger partial charge is 0.416 e. The van der Waals surface area contributed by atoms with Crippen molar-refractivity contribution in [2.24, 2.45) is 0 Å². The van der Waals surface area contributed by atoms with Crippen LogP contribution in [-0.4, -0.2) is 36.1 Å². The molecule has 3 rings (SSSR count). The van der Waals surface area contributed by atoms with Gasteiger partial charge in [0.25, 0.3) is 0 Å². The van der Waals surface area contributed by atoms with Gasteiger partial charge in [0.2, 0.25) is 5.69 Å². The Kier molecular flexibility index (Phi) is 4.85. The zero-order chi connectivity index (χ0) is 19.6. The molecule has 0 spiro atoms. The van der Waals surface area contributed by atoms with Crippen molar-refractivity contribution < 1.29 is 18.1 Å². The molecule has 0 N–H and O–H groups in total. The number of anilines is 2. The lowest BCUT2D eigenvalue weighted by Gasteiger charge is -2.37. The number of rotatable bonds is 3. The Morgan fingerprint density at radius 3 is 2.37 bits per heavy atom. The quantitative estimate of drug-likeness (QED) is 0.603. The number of pyridine rings is 1. The third-order valence-corrected chi connectivity index (χ3v) is 4.30. The molecular formula is C17H14F3N5O2. The van der Waals surface area contributed by atoms with Crippen molar-refractivity contribution >= 4 is 17.2 Å². The molecule has 1 aliphatic rings. The second-order valence-corrected chi connectivity index (χ2v) is 5.93. The van der Waals surface area contributed by atoms with Crippen molar-refractivity contribution in [1.29, 1.82) is 5.26 Å². The molecular weight excluding hydrogens is 363 g/mol. The van der Waals surface area contributed by atoms with Crippen molar-refractivity contribution in [1.82, 2.24) is 4.98 Å². The molecule has 1 saturated heterocycles. The Hall–Kier alpha value is -3.35. The van der Waals surface area contributed by atoms with Crippen molar-refractivity contribution in [3.63, 3.8) is 0 Å². The van der Waals surface area contributed by atoms with E-state index in [-0.39, 0.29) is 11.4 Å². The monoisotopic (exact) mass is 377 g/mol. The first-order valence-electron chi connectivity index (χ1n) is 8.02. The van der Waals surface area contributed by atoms with Gasteiger partial charge in [-0.05, 0) is 24.3 Å². The van der Waals surface area contributed by atoms with Gasteiger partial charge in [0.15, 0.2) is 0 Å². The van der Waals surface area contributed by atoms with Gasteiger partial charge in [-0.2, -0.15) is 18.4 Å². The zero-order valence-corrected chi connectivity index (χ0v) is 14.0. The summed E-state index contributed by atoms with van der Waals surface area (Å²) in [5, 5.41) is 19.9. The maximum absolute atomic E-state index is 12.9. The highest BCUT2D eigenvalue weighted by Crippen LogP contribution is 2.32. The average Bonchev–Trinajstić information content (AvgIpc) is 2.67. The SMILES string of the molecule is N#Cc1nc(N2CCN(c3cccc(C(F)(F)F)c3)CC2)ccc1[N+](=O)[O-]. The van der Waals surface area contributed by atoms with Gasteiger partial charge < -0.3 is 9.80 Å². The summed E-state index contributed by atoms with van der Waals surface area (Å²) in [6, 6.07) is 9.58. The third kappa shape index (κ3) is 3.92. The van der Waals surface area contributed by atoms with Gasteiger partial charge in [0.1, 0.15) is 11.9 Å². The smallest absolute Gasteiger partial charge is 0.368 e. The van der Waals surface area contributed by atoms with Gasteiger partial charge in [-0.25, -0.2) is 4.98 Å². The van der Waals surface area contributed by atoms with E-state index >= 15 is 0 Å². The highest BCUT2D eigenvalue weighted by Gasteiger charge is 2.31. The van der Waals surface area contributed by atoms with Crippen LogP contribution in [0.15, 0.2) is 36.4 Å². The van der Waals surface area contributed by atoms with Crippen LogP contribution in [0.3, 0.4) is 0 Å². The van der Waals surface area contributed by atoms with E-state index in [2.05, 4.69) is 4.98 Å². The summed E-state index contributed by atoms with van der Waals surface area (Å²) < 4.78 is 38.6. The molecule has 1 fully saturated rings. The fourth-order valence-electron chi connectivity index (χ4n) is 2.92. The molecule has 10 heteroatoms. The molecule has 0 bridgehead atoms. The second kappa shape index (κ2) is 7.11. The van der Waals surface area contributed by atoms with E-state index < -0.39 is 16.7 Å². The van der Waals surface area contributed by atoms with Crippen molar-refractivity contribution in [2.75, 3.05) is 36.0 Å². The predicted octanol–water partition coefficient (Wildman–Crippen LogP) is 3.21. The van der Waals surface area contributed by atoms with E-state index in [1.54, 1.807) is 12.1 Å². The minimum atomic E-state index is -4.39. The maximum Gasteiger partial charge on any atom is 0.416 e. The summed E-state index contributed by atoms with van der Waals surface area (Å²) in [7, 11) is 0. The molecule has 2 heterocycles. The van der Waals surface area contributed by atoms with E-state index in [1.165, 1.54) is 18.2 Å². The fraction of sp³-hybridized carbons (Fsp3) is 0.294. The Labute approximate surface area is 152 Å². The van der Waals surface area contributed by atoms with Crippen LogP contribution < -0.4 is 9.80 Å². The number of alkyl halides is 3. The summed E-state index contributed by atoms with van der Waals surface area (Å²) in [5.41, 5.74) is -0.835. The lowest BCUT2D eigenvalue weighted by molar-refractivity contribution is -0.385. The molecule has 0 saturated carbocycles. The first-order chi connectivity index (χ1) is 12.8. The standard InChI is InChI=1S/C17H14F3N5O2/c18-17(19,20)12-2-1-3-13(10-12)23-6-8-24(9-7-23)16-5-4-15(25(26)27)14(11-21)22-16/h1-5,10H,6-9H2. The zero-order valence-electron chi connectivity index (χ0n) is 14.0. The molecule has 27 heavy (non-hydrogen) atoms. The van der Waals surface area contributed by atoms with Crippen LogP contribution in [0.4, 0.5) is 30.4 Å². The number of nitriles is 1. The van der Waals surface area contributed by atoms with E-state index in [1.807, 2.05) is 9.80 Å². The van der Waals surface area contributed by atoms with Gasteiger partial charge in [-0.1, -0.05) is 6.07 Å². The molecule has 0 unspecified atom stereocenters. The first kappa shape index (κ1) is 18.4. The van der Waals surface area contributed by atoms with E-state index in [4.69, 9.17) is 5.26 Å². The van der Waals surface area contributed by atoms with E-state index in [0.29, 0.717) is 37.7 Å². The number of halogens is 3. The molecule has 1 aliphatic heterocycles. The summed E-state index contributed by atoms with van der Waals surface area (Å²) in [5.74, 6) is 0.431. The Balaban J connectivity index is 1.73. The molecule has 0 atom stereocenters. The Bertz CT molecular complexity index is 902. The van der Waals surface area contributed by atoms with Crippen LogP contribution in [0.25, 0.3) is 0 Å². The Morgan fingerprint density at radius 2 is 1.78 bits per heavy atom. The fourth-order valence-corrected chi connectivity index (χ4v) is 2.92. The number of hydrogen-bond donors (Lipinski definition) is 0. The minimum absolute atomic E-state index is 0.266. The second-order valence-electron chi connectivity index (χ2n) is 5.93. The van der Waals surface area contributed by atoms with Gasteiger partial charge in [-0.3, -0.25) is 10.1 Å². The summed E-state index contributed by atoms with van der Waals surface area (Å²) in [4.78, 5) is 17.9. The molecule has 1 aromatic carbocycles. The van der Waals surface area contributed by atoms with E-state index in [0.717, 1.165) is 12.1 Å². The summed E-state index contributed by atoms with van der Waals surface area (Å²) in [6.07, 6.45) is -4.39. The molecule has 0 radical (unpaired) electrons. The molecule has 2 aromatic rings. The van der Waals surface area contributed by atoms with E-state index in [9.17, 15) is 23.3 Å². The number of benzene rings is 1. The van der Waals surface area contributed by atoms with Crippen LogP contribution in [0, 0.1) is 21.4 Å². The molecule has 140 valence electrons. The highest BCUT2D eigenvalue weighted by atomic mass is 19.4. The predicted molar refractivity (Wildman–Crippen MR) is 91.5 cm³/mol. The molecule has 0 amide bonds. The van der Waals surface area contributed by atoms with Crippen LogP contribution in [0.2, 0.25) is 0 Å². The van der Waals surface area contributed by atoms with Crippen LogP contribution in [0.5, 0.6) is 0 Å². The topological polar surface area (TPSA) is 86.3 Å². The normalized spacial score (nSPS) is 14.7. The summed E-state index contributed by atoms with van der Waals surface area (Å²) in [6.45, 7) is 1.85. The summed E-state index contributed by atoms with van der Waals surface area (Å²) >= 11 is 0. The molecule has 7 nitrogen and oxygen atoms in total. The van der Waals surface area contributed by atoms with Crippen molar-refractivity contribution in [3.05, 3.63) is 57.8 Å². The minimum Gasteiger partial charge on any atom is -0.368 e. The van der Waals surface area contributed by atoms with Crippen molar-refractivity contribution in [3.8, 4) is 6.07 Å². The molecule has 0 aliphatic carbocycles. The third-order valence-electron chi connectivity index (χ3n) is 4.30. The number of aromatic nitrogens is 1. The van der Waals surface area contributed by atoms with Gasteiger partial charge in [0, 0.05) is 37.9 Å². The lowest BCUT2D eigenvalue weighted by atomic mass is 10.1. The van der Waals surface area contributed by atoms with Gasteiger partial charge >= 0.3 is 11.9 Å². The van der Waals surface area contributed by atoms with Crippen LogP contribution >= 0.6 is 0 Å². The number of hydrogen-bond acceptors (Lipinski definition) is 6. The van der Waals surface area contributed by atoms with Crippen LogP contribution in [0.1, 0.15) is 11.3 Å². The van der Waals surface area contributed by atoms with Crippen LogP contribution in [-0.2, 0) is 6.18 Å².